The zero-order chi connectivity index (χ0) is 21.7. The Balaban J connectivity index is 1.52. The first-order valence-corrected chi connectivity index (χ1v) is 10.8. The number of ketones is 3. The SMILES string of the molecule is CC(=O)OCC(=O)[C@]12O[C@]1(C)CC1C3CCC4=CC(=O)C=CC4(C)C3C(=O)CC12C. The third-order valence-corrected chi connectivity index (χ3v) is 8.94. The van der Waals surface area contributed by atoms with E-state index in [1.165, 1.54) is 6.92 Å². The fourth-order valence-corrected chi connectivity index (χ4v) is 7.74. The minimum Gasteiger partial charge on any atom is -0.458 e. The highest BCUT2D eigenvalue weighted by molar-refractivity contribution is 6.02. The van der Waals surface area contributed by atoms with Crippen LogP contribution in [0.2, 0.25) is 0 Å². The van der Waals surface area contributed by atoms with Crippen LogP contribution in [0.5, 0.6) is 0 Å². The van der Waals surface area contributed by atoms with E-state index < -0.39 is 28.0 Å². The molecule has 0 spiro atoms. The van der Waals surface area contributed by atoms with Crippen molar-refractivity contribution in [3.63, 3.8) is 0 Å². The van der Waals surface area contributed by atoms with E-state index in [0.717, 1.165) is 24.8 Å². The number of hydrogen-bond acceptors (Lipinski definition) is 6. The van der Waals surface area contributed by atoms with E-state index in [4.69, 9.17) is 9.47 Å². The highest BCUT2D eigenvalue weighted by Crippen LogP contribution is 2.76. The van der Waals surface area contributed by atoms with Crippen LogP contribution in [0.15, 0.2) is 23.8 Å². The van der Waals surface area contributed by atoms with E-state index >= 15 is 0 Å². The Labute approximate surface area is 176 Å². The molecular weight excluding hydrogens is 384 g/mol. The van der Waals surface area contributed by atoms with Gasteiger partial charge < -0.3 is 9.47 Å². The Bertz CT molecular complexity index is 961. The van der Waals surface area contributed by atoms with Crippen molar-refractivity contribution in [2.24, 2.45) is 28.6 Å². The molecule has 5 aliphatic rings. The van der Waals surface area contributed by atoms with Crippen molar-refractivity contribution in [3.05, 3.63) is 23.8 Å². The van der Waals surface area contributed by atoms with Crippen molar-refractivity contribution < 1.29 is 28.7 Å². The van der Waals surface area contributed by atoms with Crippen molar-refractivity contribution in [1.82, 2.24) is 0 Å². The number of carbonyl (C=O) groups excluding carboxylic acids is 4. The van der Waals surface area contributed by atoms with Gasteiger partial charge in [-0.3, -0.25) is 19.2 Å². The molecule has 0 N–H and O–H groups in total. The summed E-state index contributed by atoms with van der Waals surface area (Å²) >= 11 is 0. The second kappa shape index (κ2) is 5.78. The highest BCUT2D eigenvalue weighted by atomic mass is 16.6. The van der Waals surface area contributed by atoms with Crippen molar-refractivity contribution in [1.29, 1.82) is 0 Å². The molecule has 0 aromatic carbocycles. The monoisotopic (exact) mass is 412 g/mol. The predicted molar refractivity (Wildman–Crippen MR) is 106 cm³/mol. The lowest BCUT2D eigenvalue weighted by Gasteiger charge is -2.56. The van der Waals surface area contributed by atoms with Gasteiger partial charge in [0.2, 0.25) is 5.78 Å². The largest absolute Gasteiger partial charge is 0.458 e. The molecule has 0 radical (unpaired) electrons. The minimum absolute atomic E-state index is 0.00735. The summed E-state index contributed by atoms with van der Waals surface area (Å²) in [7, 11) is 0. The van der Waals surface area contributed by atoms with Crippen LogP contribution in [0.4, 0.5) is 0 Å². The van der Waals surface area contributed by atoms with Crippen LogP contribution in [-0.4, -0.2) is 41.1 Å². The molecule has 5 rings (SSSR count). The number of epoxide rings is 1. The lowest BCUT2D eigenvalue weighted by Crippen LogP contribution is -2.58. The number of hydrogen-bond donors (Lipinski definition) is 0. The maximum Gasteiger partial charge on any atom is 0.303 e. The molecule has 6 nitrogen and oxygen atoms in total. The fraction of sp³-hybridized carbons (Fsp3) is 0.667. The van der Waals surface area contributed by atoms with Gasteiger partial charge in [-0.05, 0) is 50.2 Å². The van der Waals surface area contributed by atoms with Crippen LogP contribution >= 0.6 is 0 Å². The summed E-state index contributed by atoms with van der Waals surface area (Å²) in [6.07, 6.45) is 7.85. The van der Waals surface area contributed by atoms with Crippen LogP contribution in [0.1, 0.15) is 53.4 Å². The van der Waals surface area contributed by atoms with Crippen LogP contribution in [0.3, 0.4) is 0 Å². The average Bonchev–Trinajstić information content (AvgIpc) is 3.24. The zero-order valence-corrected chi connectivity index (χ0v) is 17.9. The first-order chi connectivity index (χ1) is 14.0. The molecule has 0 aromatic heterocycles. The van der Waals surface area contributed by atoms with E-state index in [1.807, 2.05) is 19.9 Å². The van der Waals surface area contributed by atoms with Crippen LogP contribution < -0.4 is 0 Å². The summed E-state index contributed by atoms with van der Waals surface area (Å²) in [5, 5.41) is 0. The van der Waals surface area contributed by atoms with Gasteiger partial charge >= 0.3 is 5.97 Å². The molecule has 3 saturated carbocycles. The molecule has 1 aliphatic heterocycles. The Hall–Kier alpha value is -2.08. The summed E-state index contributed by atoms with van der Waals surface area (Å²) in [6.45, 7) is 7.02. The van der Waals surface area contributed by atoms with Gasteiger partial charge in [0.15, 0.2) is 18.0 Å². The van der Waals surface area contributed by atoms with Crippen LogP contribution in [-0.2, 0) is 28.7 Å². The quantitative estimate of drug-likeness (QED) is 0.523. The standard InChI is InChI=1S/C24H28O6/c1-13(25)29-12-19(28)24-22(3)11-18(27)20-16(17(22)10-23(24,4)30-24)6-5-14-9-15(26)7-8-21(14,20)2/h7-9,16-17,20H,5-6,10-12H2,1-4H3/t16?,17?,20?,21?,22?,23-,24-/m1/s1. The zero-order valence-electron chi connectivity index (χ0n) is 17.9. The van der Waals surface area contributed by atoms with Gasteiger partial charge in [0.05, 0.1) is 0 Å². The topological polar surface area (TPSA) is 90.0 Å². The molecule has 5 unspecified atom stereocenters. The van der Waals surface area contributed by atoms with Crippen molar-refractivity contribution in [2.45, 2.75) is 64.6 Å². The summed E-state index contributed by atoms with van der Waals surface area (Å²) < 4.78 is 11.1. The van der Waals surface area contributed by atoms with E-state index in [9.17, 15) is 19.2 Å². The molecular formula is C24H28O6. The molecule has 30 heavy (non-hydrogen) atoms. The number of esters is 1. The molecule has 4 aliphatic carbocycles. The normalized spacial score (nSPS) is 48.1. The third kappa shape index (κ3) is 2.18. The van der Waals surface area contributed by atoms with E-state index in [2.05, 4.69) is 6.92 Å². The van der Waals surface area contributed by atoms with Crippen molar-refractivity contribution in [3.8, 4) is 0 Å². The van der Waals surface area contributed by atoms with E-state index in [0.29, 0.717) is 0 Å². The maximum absolute atomic E-state index is 13.6. The molecule has 1 heterocycles. The molecule has 1 saturated heterocycles. The maximum atomic E-state index is 13.6. The molecule has 7 atom stereocenters. The highest BCUT2D eigenvalue weighted by Gasteiger charge is 2.87. The Morgan fingerprint density at radius 1 is 1.23 bits per heavy atom. The summed E-state index contributed by atoms with van der Waals surface area (Å²) in [4.78, 5) is 50.0. The molecule has 6 heteroatoms. The Morgan fingerprint density at radius 3 is 2.67 bits per heavy atom. The first-order valence-electron chi connectivity index (χ1n) is 10.8. The van der Waals surface area contributed by atoms with Gasteiger partial charge in [0, 0.05) is 30.1 Å². The van der Waals surface area contributed by atoms with Crippen LogP contribution in [0, 0.1) is 28.6 Å². The fourth-order valence-electron chi connectivity index (χ4n) is 7.74. The number of allylic oxidation sites excluding steroid dienone is 4. The number of fused-ring (bicyclic) bond motifs is 7. The molecule has 4 fully saturated rings. The summed E-state index contributed by atoms with van der Waals surface area (Å²) in [5.74, 6) is -0.464. The third-order valence-electron chi connectivity index (χ3n) is 8.94. The second-order valence-corrected chi connectivity index (χ2v) is 10.5. The van der Waals surface area contributed by atoms with Gasteiger partial charge in [-0.2, -0.15) is 0 Å². The Morgan fingerprint density at radius 2 is 1.97 bits per heavy atom. The molecule has 0 bridgehead atoms. The second-order valence-electron chi connectivity index (χ2n) is 10.5. The molecule has 0 amide bonds. The van der Waals surface area contributed by atoms with Crippen molar-refractivity contribution in [2.75, 3.05) is 6.61 Å². The number of carbonyl (C=O) groups is 4. The van der Waals surface area contributed by atoms with Crippen LogP contribution in [0.25, 0.3) is 0 Å². The number of rotatable bonds is 3. The molecule has 0 aromatic rings. The minimum atomic E-state index is -1.06. The number of ether oxygens (including phenoxy) is 2. The van der Waals surface area contributed by atoms with Crippen molar-refractivity contribution >= 4 is 23.3 Å². The average molecular weight is 412 g/mol. The smallest absolute Gasteiger partial charge is 0.303 e. The lowest BCUT2D eigenvalue weighted by molar-refractivity contribution is -0.157. The lowest BCUT2D eigenvalue weighted by atomic mass is 9.47. The predicted octanol–water partition coefficient (Wildman–Crippen LogP) is 2.74. The van der Waals surface area contributed by atoms with E-state index in [1.54, 1.807) is 12.2 Å². The summed E-state index contributed by atoms with van der Waals surface area (Å²) in [5.41, 5.74) is -1.66. The first kappa shape index (κ1) is 19.9. The van der Waals surface area contributed by atoms with Gasteiger partial charge in [-0.1, -0.05) is 25.5 Å². The Kier molecular flexibility index (Phi) is 3.83. The molecule has 160 valence electrons. The van der Waals surface area contributed by atoms with E-state index in [-0.39, 0.29) is 48.1 Å². The summed E-state index contributed by atoms with van der Waals surface area (Å²) in [6, 6.07) is 0. The van der Waals surface area contributed by atoms with Gasteiger partial charge in [-0.15, -0.1) is 0 Å². The number of Topliss-reactive ketones (excluding diaryl/α,β-unsaturated/α-hetero) is 2. The van der Waals surface area contributed by atoms with Gasteiger partial charge in [0.25, 0.3) is 0 Å². The van der Waals surface area contributed by atoms with Gasteiger partial charge in [-0.25, -0.2) is 0 Å². The van der Waals surface area contributed by atoms with Gasteiger partial charge in [0.1, 0.15) is 11.4 Å².